The first-order chi connectivity index (χ1) is 11.8. The van der Waals surface area contributed by atoms with Crippen LogP contribution < -0.4 is 0 Å². The van der Waals surface area contributed by atoms with E-state index < -0.39 is 56.5 Å². The molecule has 0 aromatic carbocycles. The van der Waals surface area contributed by atoms with Gasteiger partial charge in [0.2, 0.25) is 0 Å². The van der Waals surface area contributed by atoms with E-state index in [4.69, 9.17) is 93.3 Å². The van der Waals surface area contributed by atoms with Gasteiger partial charge in [-0.25, -0.2) is 9.59 Å². The van der Waals surface area contributed by atoms with Gasteiger partial charge >= 0.3 is 11.9 Å². The van der Waals surface area contributed by atoms with E-state index >= 15 is 0 Å². The molecule has 0 aliphatic carbocycles. The summed E-state index contributed by atoms with van der Waals surface area (Å²) in [5.41, 5.74) is 0. The highest BCUT2D eigenvalue weighted by atomic mass is 35.6. The average Bonchev–Trinajstić information content (AvgIpc) is 2.49. The summed E-state index contributed by atoms with van der Waals surface area (Å²) in [4.78, 5) is 23.8. The van der Waals surface area contributed by atoms with Crippen LogP contribution in [0.4, 0.5) is 0 Å². The number of esters is 2. The maximum atomic E-state index is 12.0. The summed E-state index contributed by atoms with van der Waals surface area (Å²) in [5.74, 6) is -2.64. The van der Waals surface area contributed by atoms with Crippen LogP contribution in [0.25, 0.3) is 0 Å². The zero-order valence-electron chi connectivity index (χ0n) is 12.7. The first-order valence-corrected chi connectivity index (χ1v) is 9.23. The van der Waals surface area contributed by atoms with E-state index in [0.717, 1.165) is 0 Å². The van der Waals surface area contributed by atoms with Crippen LogP contribution in [-0.4, -0.2) is 68.2 Å². The molecule has 0 saturated carbocycles. The minimum Gasteiger partial charge on any atom is -0.452 e. The third kappa shape index (κ3) is 5.53. The summed E-state index contributed by atoms with van der Waals surface area (Å²) in [6, 6.07) is 0. The molecular formula is C12H12Cl6O8. The van der Waals surface area contributed by atoms with Gasteiger partial charge in [-0.15, -0.1) is 0 Å². The summed E-state index contributed by atoms with van der Waals surface area (Å²) in [5, 5.41) is 10.1. The van der Waals surface area contributed by atoms with Crippen LogP contribution in [0, 0.1) is 0 Å². The molecule has 0 bridgehead atoms. The molecule has 8 nitrogen and oxygen atoms in total. The van der Waals surface area contributed by atoms with Crippen LogP contribution in [0.2, 0.25) is 0 Å². The van der Waals surface area contributed by atoms with Crippen LogP contribution in [-0.2, 0) is 33.3 Å². The number of halogens is 6. The number of carbonyl (C=O) groups excluding carboxylic acids is 2. The minimum absolute atomic E-state index is 0.00413. The standard InChI is InChI=1S/C12H12Cl6O8/c1-3-22-2-4-5(23-3)6(25-9(20)11(13,14)15)7(8(19)24-4)26-10(21)12(16,17)18/h3-8,19H,2H2,1H3/t3?,4-,5-,6+,7-,8-/m1/s1. The molecule has 2 saturated heterocycles. The molecule has 1 unspecified atom stereocenters. The second kappa shape index (κ2) is 8.49. The van der Waals surface area contributed by atoms with Crippen LogP contribution in [0.15, 0.2) is 0 Å². The van der Waals surface area contributed by atoms with E-state index in [0.29, 0.717) is 0 Å². The number of ether oxygens (including phenoxy) is 5. The Balaban J connectivity index is 2.29. The second-order valence-corrected chi connectivity index (χ2v) is 9.86. The van der Waals surface area contributed by atoms with Crippen molar-refractivity contribution in [2.75, 3.05) is 6.61 Å². The van der Waals surface area contributed by atoms with E-state index in [2.05, 4.69) is 0 Å². The van der Waals surface area contributed by atoms with Crippen molar-refractivity contribution in [2.45, 2.75) is 51.5 Å². The average molecular weight is 497 g/mol. The monoisotopic (exact) mass is 494 g/mol. The molecule has 26 heavy (non-hydrogen) atoms. The number of rotatable bonds is 2. The predicted octanol–water partition coefficient (Wildman–Crippen LogP) is 2.03. The number of aliphatic hydroxyl groups excluding tert-OH is 1. The Morgan fingerprint density at radius 1 is 0.962 bits per heavy atom. The Kier molecular flexibility index (Phi) is 7.44. The van der Waals surface area contributed by atoms with Gasteiger partial charge in [0.05, 0.1) is 6.61 Å². The number of fused-ring (bicyclic) bond motifs is 1. The highest BCUT2D eigenvalue weighted by Crippen LogP contribution is 2.36. The molecule has 0 amide bonds. The zero-order chi connectivity index (χ0) is 19.9. The smallest absolute Gasteiger partial charge is 0.359 e. The van der Waals surface area contributed by atoms with E-state index in [1.54, 1.807) is 6.92 Å². The topological polar surface area (TPSA) is 101 Å². The van der Waals surface area contributed by atoms with Gasteiger partial charge in [0.15, 0.2) is 24.8 Å². The Morgan fingerprint density at radius 2 is 1.46 bits per heavy atom. The number of aliphatic hydroxyl groups is 1. The summed E-state index contributed by atoms with van der Waals surface area (Å²) in [6.45, 7) is 1.56. The lowest BCUT2D eigenvalue weighted by molar-refractivity contribution is -0.350. The van der Waals surface area contributed by atoms with Crippen LogP contribution in [0.5, 0.6) is 0 Å². The normalized spacial score (nSPS) is 35.4. The van der Waals surface area contributed by atoms with Crippen molar-refractivity contribution >= 4 is 81.5 Å². The Hall–Kier alpha value is 0.520. The van der Waals surface area contributed by atoms with E-state index in [1.165, 1.54) is 0 Å². The van der Waals surface area contributed by atoms with Gasteiger partial charge in [0, 0.05) is 0 Å². The van der Waals surface area contributed by atoms with Gasteiger partial charge in [0.1, 0.15) is 12.2 Å². The van der Waals surface area contributed by atoms with E-state index in [9.17, 15) is 14.7 Å². The molecule has 6 atom stereocenters. The maximum absolute atomic E-state index is 12.0. The highest BCUT2D eigenvalue weighted by Gasteiger charge is 2.55. The molecule has 150 valence electrons. The van der Waals surface area contributed by atoms with Gasteiger partial charge in [-0.3, -0.25) is 0 Å². The third-order valence-corrected chi connectivity index (χ3v) is 4.33. The summed E-state index contributed by atoms with van der Waals surface area (Å²) in [6.07, 6.45) is -7.42. The molecule has 14 heteroatoms. The van der Waals surface area contributed by atoms with Gasteiger partial charge < -0.3 is 28.8 Å². The molecule has 2 aliphatic heterocycles. The first kappa shape index (κ1) is 22.8. The van der Waals surface area contributed by atoms with E-state index in [-0.39, 0.29) is 6.61 Å². The van der Waals surface area contributed by atoms with Gasteiger partial charge in [-0.2, -0.15) is 0 Å². The summed E-state index contributed by atoms with van der Waals surface area (Å²) >= 11 is 32.8. The fourth-order valence-corrected chi connectivity index (χ4v) is 2.59. The Morgan fingerprint density at radius 3 is 1.96 bits per heavy atom. The molecule has 0 aromatic rings. The van der Waals surface area contributed by atoms with Crippen LogP contribution in [0.1, 0.15) is 6.92 Å². The quantitative estimate of drug-likeness (QED) is 0.458. The van der Waals surface area contributed by atoms with Crippen molar-refractivity contribution in [1.82, 2.24) is 0 Å². The molecule has 2 rings (SSSR count). The molecule has 0 aromatic heterocycles. The molecular weight excluding hydrogens is 485 g/mol. The molecule has 2 fully saturated rings. The van der Waals surface area contributed by atoms with Crippen molar-refractivity contribution in [1.29, 1.82) is 0 Å². The fourth-order valence-electron chi connectivity index (χ4n) is 2.33. The molecule has 0 radical (unpaired) electrons. The Bertz CT molecular complexity index is 549. The van der Waals surface area contributed by atoms with Crippen molar-refractivity contribution in [2.24, 2.45) is 0 Å². The number of hydrogen-bond donors (Lipinski definition) is 1. The van der Waals surface area contributed by atoms with Crippen molar-refractivity contribution in [3.05, 3.63) is 0 Å². The molecule has 1 N–H and O–H groups in total. The second-order valence-electron chi connectivity index (χ2n) is 5.30. The lowest BCUT2D eigenvalue weighted by Gasteiger charge is -2.46. The van der Waals surface area contributed by atoms with Gasteiger partial charge in [0.25, 0.3) is 7.59 Å². The fraction of sp³-hybridized carbons (Fsp3) is 0.833. The van der Waals surface area contributed by atoms with Crippen molar-refractivity contribution < 1.29 is 38.4 Å². The van der Waals surface area contributed by atoms with Crippen LogP contribution >= 0.6 is 69.6 Å². The van der Waals surface area contributed by atoms with Crippen molar-refractivity contribution in [3.63, 3.8) is 0 Å². The van der Waals surface area contributed by atoms with Gasteiger partial charge in [-0.05, 0) is 6.92 Å². The number of hydrogen-bond acceptors (Lipinski definition) is 8. The number of carbonyl (C=O) groups is 2. The Labute approximate surface area is 177 Å². The highest BCUT2D eigenvalue weighted by molar-refractivity contribution is 6.76. The molecule has 0 spiro atoms. The first-order valence-electron chi connectivity index (χ1n) is 6.97. The predicted molar refractivity (Wildman–Crippen MR) is 91.5 cm³/mol. The van der Waals surface area contributed by atoms with Crippen LogP contribution in [0.3, 0.4) is 0 Å². The molecule has 2 aliphatic rings. The minimum atomic E-state index is -2.45. The summed E-state index contributed by atoms with van der Waals surface area (Å²) < 4.78 is 21.2. The maximum Gasteiger partial charge on any atom is 0.359 e. The lowest BCUT2D eigenvalue weighted by atomic mass is 9.97. The number of alkyl halides is 6. The van der Waals surface area contributed by atoms with Crippen molar-refractivity contribution in [3.8, 4) is 0 Å². The largest absolute Gasteiger partial charge is 0.452 e. The lowest BCUT2D eigenvalue weighted by Crippen LogP contribution is -2.65. The SMILES string of the molecule is CC1OC[C@H]2O[C@@H](O)[C@H](OC(=O)C(Cl)(Cl)Cl)[C@@H](OC(=O)C(Cl)(Cl)Cl)[C@@H]2O1. The summed E-state index contributed by atoms with van der Waals surface area (Å²) in [7, 11) is 0. The molecule has 2 heterocycles. The van der Waals surface area contributed by atoms with E-state index in [1.807, 2.05) is 0 Å². The third-order valence-electron chi connectivity index (χ3n) is 3.40. The zero-order valence-corrected chi connectivity index (χ0v) is 17.3. The van der Waals surface area contributed by atoms with Gasteiger partial charge in [-0.1, -0.05) is 69.6 Å².